The molecule has 0 fully saturated rings. The fraction of sp³-hybridized carbons (Fsp3) is 0.208. The second kappa shape index (κ2) is 6.28. The predicted octanol–water partition coefficient (Wildman–Crippen LogP) is 6.87. The molecule has 0 amide bonds. The normalized spacial score (nSPS) is 11.8. The monoisotopic (exact) mass is 453 g/mol. The van der Waals surface area contributed by atoms with Crippen molar-refractivity contribution in [2.24, 2.45) is 0 Å². The summed E-state index contributed by atoms with van der Waals surface area (Å²) in [5.74, 6) is 0. The molecule has 0 saturated heterocycles. The van der Waals surface area contributed by atoms with E-state index in [9.17, 15) is 0 Å². The second-order valence-corrected chi connectivity index (χ2v) is 10.7. The van der Waals surface area contributed by atoms with E-state index >= 15 is 0 Å². The molecule has 1 aromatic heterocycles. The standard InChI is InChI=1S/C24H21NTe/c1-15-11-12-18-17-13-14-19(25-5)20(16-9-7-6-8-10-16)22(17)26-23(18)21(15)24(2,3)4/h6-14H,1-4H3. The van der Waals surface area contributed by atoms with Gasteiger partial charge in [-0.1, -0.05) is 0 Å². The Hall–Kier alpha value is -2.06. The molecule has 0 spiro atoms. The molecule has 1 nitrogen and oxygen atoms in total. The summed E-state index contributed by atoms with van der Waals surface area (Å²) in [6, 6.07) is 19.2. The number of rotatable bonds is 1. The molecule has 0 saturated carbocycles. The Morgan fingerprint density at radius 3 is 2.15 bits per heavy atom. The number of nitrogens with zero attached hydrogens (tertiary/aromatic N) is 1. The van der Waals surface area contributed by atoms with Crippen molar-refractivity contribution in [3.8, 4) is 11.1 Å². The van der Waals surface area contributed by atoms with Gasteiger partial charge in [-0.05, 0) is 0 Å². The Morgan fingerprint density at radius 2 is 1.50 bits per heavy atom. The van der Waals surface area contributed by atoms with Crippen LogP contribution in [-0.4, -0.2) is 20.4 Å². The van der Waals surface area contributed by atoms with Crippen LogP contribution in [0.25, 0.3) is 33.5 Å². The molecule has 0 bridgehead atoms. The number of aryl methyl sites for hydroxylation is 1. The van der Waals surface area contributed by atoms with Crippen LogP contribution in [0.3, 0.4) is 0 Å². The van der Waals surface area contributed by atoms with Crippen molar-refractivity contribution in [1.29, 1.82) is 0 Å². The third-order valence-corrected chi connectivity index (χ3v) is 8.51. The van der Waals surface area contributed by atoms with Gasteiger partial charge in [-0.25, -0.2) is 0 Å². The third-order valence-electron chi connectivity index (χ3n) is 4.93. The van der Waals surface area contributed by atoms with Crippen LogP contribution >= 0.6 is 0 Å². The zero-order valence-electron chi connectivity index (χ0n) is 15.6. The van der Waals surface area contributed by atoms with E-state index in [0.717, 1.165) is 11.3 Å². The van der Waals surface area contributed by atoms with Gasteiger partial charge in [-0.3, -0.25) is 0 Å². The molecule has 4 aromatic rings. The van der Waals surface area contributed by atoms with Crippen molar-refractivity contribution >= 4 is 43.7 Å². The fourth-order valence-electron chi connectivity index (χ4n) is 3.90. The van der Waals surface area contributed by atoms with Gasteiger partial charge in [-0.2, -0.15) is 0 Å². The summed E-state index contributed by atoms with van der Waals surface area (Å²) in [6.45, 7) is 16.8. The van der Waals surface area contributed by atoms with Gasteiger partial charge in [0.1, 0.15) is 0 Å². The van der Waals surface area contributed by atoms with Crippen LogP contribution < -0.4 is 0 Å². The van der Waals surface area contributed by atoms with E-state index in [4.69, 9.17) is 6.57 Å². The van der Waals surface area contributed by atoms with E-state index < -0.39 is 20.4 Å². The van der Waals surface area contributed by atoms with Crippen LogP contribution in [0.15, 0.2) is 54.6 Å². The SMILES string of the molecule is [C-]#[N+]c1ccc2c([te]c3c(C(C)(C)C)c(C)ccc32)c1-c1ccccc1. The molecule has 0 N–H and O–H groups in total. The van der Waals surface area contributed by atoms with Gasteiger partial charge in [0.05, 0.1) is 0 Å². The van der Waals surface area contributed by atoms with Crippen LogP contribution in [0.1, 0.15) is 31.9 Å². The van der Waals surface area contributed by atoms with E-state index in [-0.39, 0.29) is 5.41 Å². The van der Waals surface area contributed by atoms with Crippen LogP contribution in [0.5, 0.6) is 0 Å². The van der Waals surface area contributed by atoms with Gasteiger partial charge in [0, 0.05) is 0 Å². The van der Waals surface area contributed by atoms with Gasteiger partial charge < -0.3 is 0 Å². The number of benzene rings is 3. The summed E-state index contributed by atoms with van der Waals surface area (Å²) in [5.41, 5.74) is 6.15. The molecule has 3 aromatic carbocycles. The summed E-state index contributed by atoms with van der Waals surface area (Å²) in [5, 5.41) is 2.74. The quantitative estimate of drug-likeness (QED) is 0.220. The van der Waals surface area contributed by atoms with Crippen molar-refractivity contribution in [1.82, 2.24) is 0 Å². The van der Waals surface area contributed by atoms with Crippen molar-refractivity contribution < 1.29 is 0 Å². The molecule has 0 aliphatic rings. The van der Waals surface area contributed by atoms with Crippen molar-refractivity contribution in [2.75, 3.05) is 0 Å². The minimum absolute atomic E-state index is 0.137. The van der Waals surface area contributed by atoms with Crippen LogP contribution in [-0.2, 0) is 5.41 Å². The van der Waals surface area contributed by atoms with E-state index in [1.54, 1.807) is 3.40 Å². The molecule has 26 heavy (non-hydrogen) atoms. The Labute approximate surface area is 164 Å². The van der Waals surface area contributed by atoms with Gasteiger partial charge >= 0.3 is 165 Å². The van der Waals surface area contributed by atoms with Crippen molar-refractivity contribution in [3.63, 3.8) is 0 Å². The van der Waals surface area contributed by atoms with E-state index in [1.807, 2.05) is 12.1 Å². The third kappa shape index (κ3) is 2.68. The van der Waals surface area contributed by atoms with Gasteiger partial charge in [0.15, 0.2) is 0 Å². The average molecular weight is 451 g/mol. The van der Waals surface area contributed by atoms with Crippen LogP contribution in [0.4, 0.5) is 5.69 Å². The molecule has 0 aliphatic heterocycles. The molecule has 1 heterocycles. The zero-order valence-corrected chi connectivity index (χ0v) is 17.9. The Bertz CT molecular complexity index is 1170. The van der Waals surface area contributed by atoms with Gasteiger partial charge in [0.25, 0.3) is 0 Å². The molecule has 0 aliphatic carbocycles. The Morgan fingerprint density at radius 1 is 0.846 bits per heavy atom. The summed E-state index contributed by atoms with van der Waals surface area (Å²) in [6.07, 6.45) is 0. The van der Waals surface area contributed by atoms with E-state index in [2.05, 4.69) is 75.0 Å². The van der Waals surface area contributed by atoms with E-state index in [1.165, 1.54) is 30.9 Å². The molecular weight excluding hydrogens is 430 g/mol. The summed E-state index contributed by atoms with van der Waals surface area (Å²) in [7, 11) is 0. The topological polar surface area (TPSA) is 4.36 Å². The first kappa shape index (κ1) is 17.4. The van der Waals surface area contributed by atoms with Crippen molar-refractivity contribution in [2.45, 2.75) is 33.1 Å². The zero-order chi connectivity index (χ0) is 18.5. The summed E-state index contributed by atoms with van der Waals surface area (Å²) < 4.78 is 3.00. The molecule has 0 atom stereocenters. The number of hydrogen-bond acceptors (Lipinski definition) is 0. The Kier molecular flexibility index (Phi) is 4.19. The predicted molar refractivity (Wildman–Crippen MR) is 114 cm³/mol. The maximum atomic E-state index is 7.67. The molecule has 128 valence electrons. The average Bonchev–Trinajstić information content (AvgIpc) is 2.98. The second-order valence-electron chi connectivity index (χ2n) is 7.80. The molecule has 0 unspecified atom stereocenters. The maximum absolute atomic E-state index is 7.67. The molecule has 4 rings (SSSR count). The molecular formula is C24H21NTe. The van der Waals surface area contributed by atoms with Crippen LogP contribution in [0.2, 0.25) is 0 Å². The first-order valence-corrected chi connectivity index (χ1v) is 11.2. The number of hydrogen-bond donors (Lipinski definition) is 0. The fourth-order valence-corrected chi connectivity index (χ4v) is 8.68. The first-order chi connectivity index (χ1) is 12.4. The van der Waals surface area contributed by atoms with E-state index in [0.29, 0.717) is 0 Å². The van der Waals surface area contributed by atoms with Crippen molar-refractivity contribution in [3.05, 3.63) is 77.1 Å². The summed E-state index contributed by atoms with van der Waals surface area (Å²) in [4.78, 5) is 3.85. The number of fused-ring (bicyclic) bond motifs is 3. The first-order valence-electron chi connectivity index (χ1n) is 8.84. The minimum atomic E-state index is -0.538. The van der Waals surface area contributed by atoms with Gasteiger partial charge in [-0.15, -0.1) is 0 Å². The molecule has 0 radical (unpaired) electrons. The van der Waals surface area contributed by atoms with Crippen LogP contribution in [0, 0.1) is 13.5 Å². The molecule has 2 heteroatoms. The Balaban J connectivity index is 2.19. The summed E-state index contributed by atoms with van der Waals surface area (Å²) >= 11 is -0.538. The van der Waals surface area contributed by atoms with Gasteiger partial charge in [0.2, 0.25) is 0 Å².